The Balaban J connectivity index is 2.33. The van der Waals surface area contributed by atoms with Gasteiger partial charge in [0.15, 0.2) is 0 Å². The second kappa shape index (κ2) is 3.38. The van der Waals surface area contributed by atoms with E-state index in [-0.39, 0.29) is 5.82 Å². The van der Waals surface area contributed by atoms with Crippen molar-refractivity contribution in [1.29, 1.82) is 0 Å². The summed E-state index contributed by atoms with van der Waals surface area (Å²) < 4.78 is 23.8. The van der Waals surface area contributed by atoms with Crippen molar-refractivity contribution >= 4 is 15.9 Å². The van der Waals surface area contributed by atoms with Gasteiger partial charge in [-0.25, -0.2) is 4.39 Å². The van der Waals surface area contributed by atoms with Crippen LogP contribution in [0.4, 0.5) is 4.39 Å². The lowest BCUT2D eigenvalue weighted by atomic mass is 10.2. The zero-order valence-electron chi connectivity index (χ0n) is 6.54. The molecule has 2 nitrogen and oxygen atoms in total. The molecule has 1 aromatic carbocycles. The minimum absolute atomic E-state index is 0.308. The summed E-state index contributed by atoms with van der Waals surface area (Å²) in [6.45, 7) is 0. The van der Waals surface area contributed by atoms with Crippen LogP contribution in [-0.2, 0) is 9.47 Å². The molecule has 1 aromatic rings. The quantitative estimate of drug-likeness (QED) is 0.756. The van der Waals surface area contributed by atoms with Crippen molar-refractivity contribution in [2.75, 3.05) is 0 Å². The first-order valence-electron chi connectivity index (χ1n) is 3.68. The first kappa shape index (κ1) is 8.56. The molecule has 0 bridgehead atoms. The molecule has 0 atom stereocenters. The second-order valence-electron chi connectivity index (χ2n) is 2.54. The van der Waals surface area contributed by atoms with Crippen molar-refractivity contribution in [2.24, 2.45) is 0 Å². The summed E-state index contributed by atoms with van der Waals surface area (Å²) in [4.78, 5) is 0. The van der Waals surface area contributed by atoms with Gasteiger partial charge in [-0.1, -0.05) is 15.9 Å². The van der Waals surface area contributed by atoms with Crippen molar-refractivity contribution in [2.45, 2.75) is 6.29 Å². The molecule has 0 N–H and O–H groups in total. The fourth-order valence-electron chi connectivity index (χ4n) is 1.08. The highest BCUT2D eigenvalue weighted by Crippen LogP contribution is 2.30. The average molecular weight is 245 g/mol. The normalized spacial score (nSPS) is 15.5. The molecule has 0 aliphatic carbocycles. The SMILES string of the molecule is Fc1ccc(Br)c(C2OC=CO2)c1. The van der Waals surface area contributed by atoms with Gasteiger partial charge in [0.25, 0.3) is 6.29 Å². The topological polar surface area (TPSA) is 18.5 Å². The van der Waals surface area contributed by atoms with Gasteiger partial charge >= 0.3 is 0 Å². The van der Waals surface area contributed by atoms with Gasteiger partial charge in [-0.3, -0.25) is 0 Å². The van der Waals surface area contributed by atoms with Gasteiger partial charge in [0.1, 0.15) is 18.3 Å². The van der Waals surface area contributed by atoms with E-state index in [0.29, 0.717) is 5.56 Å². The Labute approximate surface area is 83.1 Å². The smallest absolute Gasteiger partial charge is 0.267 e. The number of hydrogen-bond donors (Lipinski definition) is 0. The van der Waals surface area contributed by atoms with Gasteiger partial charge in [-0.15, -0.1) is 0 Å². The molecule has 1 aliphatic heterocycles. The van der Waals surface area contributed by atoms with Gasteiger partial charge in [-0.05, 0) is 18.2 Å². The Morgan fingerprint density at radius 1 is 1.23 bits per heavy atom. The molecule has 0 spiro atoms. The summed E-state index contributed by atoms with van der Waals surface area (Å²) in [5.74, 6) is -0.308. The van der Waals surface area contributed by atoms with E-state index in [4.69, 9.17) is 9.47 Å². The van der Waals surface area contributed by atoms with Crippen molar-refractivity contribution in [3.63, 3.8) is 0 Å². The molecular formula is C9H6BrFO2. The molecule has 2 rings (SSSR count). The van der Waals surface area contributed by atoms with Crippen LogP contribution in [0, 0.1) is 5.82 Å². The predicted octanol–water partition coefficient (Wildman–Crippen LogP) is 3.10. The first-order valence-corrected chi connectivity index (χ1v) is 4.47. The third kappa shape index (κ3) is 1.67. The minimum Gasteiger partial charge on any atom is -0.455 e. The Bertz CT molecular complexity index is 343. The Morgan fingerprint density at radius 2 is 1.92 bits per heavy atom. The molecule has 13 heavy (non-hydrogen) atoms. The van der Waals surface area contributed by atoms with Crippen LogP contribution in [0.3, 0.4) is 0 Å². The van der Waals surface area contributed by atoms with E-state index in [1.807, 2.05) is 0 Å². The average Bonchev–Trinajstić information content (AvgIpc) is 2.61. The molecule has 0 aromatic heterocycles. The number of rotatable bonds is 1. The predicted molar refractivity (Wildman–Crippen MR) is 48.2 cm³/mol. The number of halogens is 2. The summed E-state index contributed by atoms with van der Waals surface area (Å²) >= 11 is 3.29. The zero-order valence-corrected chi connectivity index (χ0v) is 8.12. The molecule has 0 radical (unpaired) electrons. The molecule has 0 saturated carbocycles. The molecule has 4 heteroatoms. The second-order valence-corrected chi connectivity index (χ2v) is 3.40. The van der Waals surface area contributed by atoms with Crippen molar-refractivity contribution in [3.05, 3.63) is 46.6 Å². The van der Waals surface area contributed by atoms with E-state index in [9.17, 15) is 4.39 Å². The van der Waals surface area contributed by atoms with Crippen LogP contribution in [0.1, 0.15) is 11.9 Å². The van der Waals surface area contributed by atoms with Crippen LogP contribution in [0.5, 0.6) is 0 Å². The zero-order chi connectivity index (χ0) is 9.26. The van der Waals surface area contributed by atoms with E-state index < -0.39 is 6.29 Å². The third-order valence-electron chi connectivity index (χ3n) is 1.67. The molecule has 1 aliphatic rings. The maximum Gasteiger partial charge on any atom is 0.267 e. The van der Waals surface area contributed by atoms with Crippen molar-refractivity contribution in [3.8, 4) is 0 Å². The number of hydrogen-bond acceptors (Lipinski definition) is 2. The van der Waals surface area contributed by atoms with Crippen LogP contribution < -0.4 is 0 Å². The van der Waals surface area contributed by atoms with Crippen LogP contribution in [0.2, 0.25) is 0 Å². The molecule has 1 heterocycles. The van der Waals surface area contributed by atoms with E-state index in [1.165, 1.54) is 24.7 Å². The van der Waals surface area contributed by atoms with Crippen LogP contribution in [0.25, 0.3) is 0 Å². The fourth-order valence-corrected chi connectivity index (χ4v) is 1.51. The lowest BCUT2D eigenvalue weighted by Crippen LogP contribution is -1.99. The van der Waals surface area contributed by atoms with Crippen molar-refractivity contribution in [1.82, 2.24) is 0 Å². The van der Waals surface area contributed by atoms with Gasteiger partial charge in [0, 0.05) is 10.0 Å². The highest BCUT2D eigenvalue weighted by Gasteiger charge is 2.18. The first-order chi connectivity index (χ1) is 6.27. The highest BCUT2D eigenvalue weighted by atomic mass is 79.9. The summed E-state index contributed by atoms with van der Waals surface area (Å²) in [5.41, 5.74) is 0.644. The lowest BCUT2D eigenvalue weighted by Gasteiger charge is -2.11. The van der Waals surface area contributed by atoms with E-state index in [1.54, 1.807) is 6.07 Å². The summed E-state index contributed by atoms with van der Waals surface area (Å²) in [5, 5.41) is 0. The molecule has 68 valence electrons. The fraction of sp³-hybridized carbons (Fsp3) is 0.111. The highest BCUT2D eigenvalue weighted by molar-refractivity contribution is 9.10. The van der Waals surface area contributed by atoms with Gasteiger partial charge in [0.2, 0.25) is 0 Å². The number of ether oxygens (including phenoxy) is 2. The van der Waals surface area contributed by atoms with Crippen LogP contribution in [-0.4, -0.2) is 0 Å². The third-order valence-corrected chi connectivity index (χ3v) is 2.39. The number of benzene rings is 1. The van der Waals surface area contributed by atoms with Gasteiger partial charge in [-0.2, -0.15) is 0 Å². The minimum atomic E-state index is -0.537. The molecule has 0 unspecified atom stereocenters. The van der Waals surface area contributed by atoms with E-state index in [0.717, 1.165) is 4.47 Å². The maximum atomic E-state index is 12.8. The van der Waals surface area contributed by atoms with E-state index >= 15 is 0 Å². The van der Waals surface area contributed by atoms with Crippen molar-refractivity contribution < 1.29 is 13.9 Å². The molecule has 0 fully saturated rings. The largest absolute Gasteiger partial charge is 0.455 e. The summed E-state index contributed by atoms with van der Waals surface area (Å²) in [6.07, 6.45) is 2.33. The standard InChI is InChI=1S/C9H6BrFO2/c10-8-2-1-6(11)5-7(8)9-12-3-4-13-9/h1-5,9H. The Morgan fingerprint density at radius 3 is 2.62 bits per heavy atom. The Kier molecular flexibility index (Phi) is 2.22. The molecule has 0 amide bonds. The summed E-state index contributed by atoms with van der Waals surface area (Å²) in [7, 11) is 0. The Hall–Kier alpha value is -1.03. The van der Waals surface area contributed by atoms with Crippen LogP contribution in [0.15, 0.2) is 35.2 Å². The van der Waals surface area contributed by atoms with Gasteiger partial charge in [0.05, 0.1) is 0 Å². The van der Waals surface area contributed by atoms with E-state index in [2.05, 4.69) is 15.9 Å². The monoisotopic (exact) mass is 244 g/mol. The maximum absolute atomic E-state index is 12.8. The lowest BCUT2D eigenvalue weighted by molar-refractivity contribution is -0.0253. The van der Waals surface area contributed by atoms with Gasteiger partial charge < -0.3 is 9.47 Å². The van der Waals surface area contributed by atoms with Crippen LogP contribution >= 0.6 is 15.9 Å². The molecular weight excluding hydrogens is 239 g/mol. The molecule has 0 saturated heterocycles. The summed E-state index contributed by atoms with van der Waals surface area (Å²) in [6, 6.07) is 4.37.